The third-order valence-corrected chi connectivity index (χ3v) is 2.14. The minimum atomic E-state index is -0.447. The third kappa shape index (κ3) is 1.93. The summed E-state index contributed by atoms with van der Waals surface area (Å²) in [6, 6.07) is 9.51. The maximum absolute atomic E-state index is 11.1. The highest BCUT2D eigenvalue weighted by Gasteiger charge is 2.19. The number of rotatable bonds is 2. The van der Waals surface area contributed by atoms with Gasteiger partial charge in [-0.2, -0.15) is 5.11 Å². The topological polar surface area (TPSA) is 51.0 Å². The summed E-state index contributed by atoms with van der Waals surface area (Å²) in [7, 11) is 1.33. The number of carbonyl (C=O) groups is 1. The van der Waals surface area contributed by atoms with Crippen molar-refractivity contribution < 1.29 is 9.53 Å². The highest BCUT2D eigenvalue weighted by molar-refractivity contribution is 5.88. The molecule has 1 aliphatic heterocycles. The molecule has 15 heavy (non-hydrogen) atoms. The molecule has 0 aromatic heterocycles. The van der Waals surface area contributed by atoms with Crippen molar-refractivity contribution >= 4 is 5.97 Å². The van der Waals surface area contributed by atoms with Gasteiger partial charge in [-0.25, -0.2) is 4.79 Å². The molecule has 1 unspecified atom stereocenters. The van der Waals surface area contributed by atoms with Crippen molar-refractivity contribution in [3.8, 4) is 0 Å². The third-order valence-electron chi connectivity index (χ3n) is 2.14. The second-order valence-electron chi connectivity index (χ2n) is 3.11. The van der Waals surface area contributed by atoms with Crippen molar-refractivity contribution in [1.29, 1.82) is 0 Å². The lowest BCUT2D eigenvalue weighted by Crippen LogP contribution is -2.01. The van der Waals surface area contributed by atoms with Gasteiger partial charge in [0.05, 0.1) is 7.11 Å². The summed E-state index contributed by atoms with van der Waals surface area (Å²) in [6.45, 7) is 0. The molecule has 1 aromatic rings. The van der Waals surface area contributed by atoms with Gasteiger partial charge in [-0.3, -0.25) is 0 Å². The van der Waals surface area contributed by atoms with Crippen molar-refractivity contribution in [1.82, 2.24) is 0 Å². The second kappa shape index (κ2) is 4.04. The Labute approximate surface area is 87.3 Å². The normalized spacial score (nSPS) is 18.7. The highest BCUT2D eigenvalue weighted by atomic mass is 16.5. The lowest BCUT2D eigenvalue weighted by Gasteiger charge is -2.01. The Morgan fingerprint density at radius 3 is 2.73 bits per heavy atom. The number of methoxy groups -OCH3 is 1. The Morgan fingerprint density at radius 2 is 2.07 bits per heavy atom. The molecule has 0 amide bonds. The molecule has 0 aliphatic carbocycles. The fraction of sp³-hybridized carbons (Fsp3) is 0.182. The van der Waals surface area contributed by atoms with Gasteiger partial charge in [0.25, 0.3) is 0 Å². The summed E-state index contributed by atoms with van der Waals surface area (Å²) in [5.41, 5.74) is 1.28. The number of azo groups is 1. The van der Waals surface area contributed by atoms with Gasteiger partial charge in [-0.15, -0.1) is 5.11 Å². The number of ether oxygens (including phenoxy) is 1. The van der Waals surface area contributed by atoms with E-state index in [1.165, 1.54) is 7.11 Å². The first-order chi connectivity index (χ1) is 7.31. The Bertz CT molecular complexity index is 423. The minimum absolute atomic E-state index is 0.166. The van der Waals surface area contributed by atoms with E-state index in [0.29, 0.717) is 0 Å². The van der Waals surface area contributed by atoms with E-state index in [-0.39, 0.29) is 11.7 Å². The molecule has 0 saturated heterocycles. The average Bonchev–Trinajstić information content (AvgIpc) is 2.78. The van der Waals surface area contributed by atoms with E-state index >= 15 is 0 Å². The molecule has 1 aliphatic rings. The van der Waals surface area contributed by atoms with Crippen LogP contribution in [0.1, 0.15) is 11.6 Å². The molecule has 76 valence electrons. The largest absolute Gasteiger partial charge is 0.464 e. The minimum Gasteiger partial charge on any atom is -0.464 e. The van der Waals surface area contributed by atoms with Crippen molar-refractivity contribution in [3.63, 3.8) is 0 Å². The van der Waals surface area contributed by atoms with E-state index in [2.05, 4.69) is 15.0 Å². The second-order valence-corrected chi connectivity index (χ2v) is 3.11. The molecule has 0 fully saturated rings. The van der Waals surface area contributed by atoms with Gasteiger partial charge in [-0.05, 0) is 11.6 Å². The molecular formula is C11H10N2O2. The number of esters is 1. The van der Waals surface area contributed by atoms with Crippen LogP contribution in [0.25, 0.3) is 0 Å². The summed E-state index contributed by atoms with van der Waals surface area (Å²) < 4.78 is 4.56. The molecule has 2 rings (SSSR count). The molecule has 0 radical (unpaired) electrons. The van der Waals surface area contributed by atoms with Crippen molar-refractivity contribution in [2.24, 2.45) is 10.2 Å². The number of hydrogen-bond donors (Lipinski definition) is 0. The maximum Gasteiger partial charge on any atom is 0.358 e. The summed E-state index contributed by atoms with van der Waals surface area (Å²) in [5.74, 6) is -0.447. The van der Waals surface area contributed by atoms with E-state index in [9.17, 15) is 4.79 Å². The van der Waals surface area contributed by atoms with E-state index in [1.54, 1.807) is 6.08 Å². The maximum atomic E-state index is 11.1. The van der Waals surface area contributed by atoms with Crippen molar-refractivity contribution in [2.45, 2.75) is 6.04 Å². The first-order valence-electron chi connectivity index (χ1n) is 4.57. The van der Waals surface area contributed by atoms with Crippen molar-refractivity contribution in [3.05, 3.63) is 47.7 Å². The molecule has 0 saturated carbocycles. The van der Waals surface area contributed by atoms with Crippen molar-refractivity contribution in [2.75, 3.05) is 7.11 Å². The Kier molecular flexibility index (Phi) is 2.58. The van der Waals surface area contributed by atoms with Crippen LogP contribution in [0.4, 0.5) is 0 Å². The lowest BCUT2D eigenvalue weighted by atomic mass is 10.1. The fourth-order valence-electron chi connectivity index (χ4n) is 1.37. The van der Waals surface area contributed by atoms with Crippen LogP contribution in [-0.2, 0) is 9.53 Å². The predicted octanol–water partition coefficient (Wildman–Crippen LogP) is 2.25. The number of benzene rings is 1. The van der Waals surface area contributed by atoms with Crippen LogP contribution in [0, 0.1) is 0 Å². The first-order valence-corrected chi connectivity index (χ1v) is 4.57. The van der Waals surface area contributed by atoms with Crippen LogP contribution in [0.3, 0.4) is 0 Å². The lowest BCUT2D eigenvalue weighted by molar-refractivity contribution is -0.136. The van der Waals surface area contributed by atoms with Crippen LogP contribution in [0.15, 0.2) is 52.3 Å². The summed E-state index contributed by atoms with van der Waals surface area (Å²) in [4.78, 5) is 11.1. The molecular weight excluding hydrogens is 192 g/mol. The molecule has 0 spiro atoms. The van der Waals surface area contributed by atoms with Crippen LogP contribution in [-0.4, -0.2) is 13.1 Å². The molecule has 1 aromatic carbocycles. The number of carbonyl (C=O) groups excluding carboxylic acids is 1. The quantitative estimate of drug-likeness (QED) is 0.690. The fourth-order valence-corrected chi connectivity index (χ4v) is 1.37. The van der Waals surface area contributed by atoms with Gasteiger partial charge in [0.1, 0.15) is 6.04 Å². The van der Waals surface area contributed by atoms with E-state index in [1.807, 2.05) is 30.3 Å². The smallest absolute Gasteiger partial charge is 0.358 e. The zero-order valence-corrected chi connectivity index (χ0v) is 8.25. The summed E-state index contributed by atoms with van der Waals surface area (Å²) >= 11 is 0. The SMILES string of the molecule is COC(=O)C1=CC(c2ccccc2)N=N1. The monoisotopic (exact) mass is 202 g/mol. The average molecular weight is 202 g/mol. The van der Waals surface area contributed by atoms with E-state index in [4.69, 9.17) is 0 Å². The molecule has 0 N–H and O–H groups in total. The van der Waals surface area contributed by atoms with Gasteiger partial charge in [0.15, 0.2) is 5.70 Å². The summed E-state index contributed by atoms with van der Waals surface area (Å²) in [5, 5.41) is 7.76. The Balaban J connectivity index is 2.20. The zero-order valence-electron chi connectivity index (χ0n) is 8.25. The molecule has 0 bridgehead atoms. The Morgan fingerprint density at radius 1 is 1.33 bits per heavy atom. The van der Waals surface area contributed by atoms with Crippen LogP contribution >= 0.6 is 0 Å². The molecule has 4 nitrogen and oxygen atoms in total. The van der Waals surface area contributed by atoms with Gasteiger partial charge in [-0.1, -0.05) is 30.3 Å². The first kappa shape index (κ1) is 9.58. The highest BCUT2D eigenvalue weighted by Crippen LogP contribution is 2.27. The summed E-state index contributed by atoms with van der Waals surface area (Å²) in [6.07, 6.45) is 1.70. The van der Waals surface area contributed by atoms with E-state index in [0.717, 1.165) is 5.56 Å². The van der Waals surface area contributed by atoms with Gasteiger partial charge in [0, 0.05) is 0 Å². The van der Waals surface area contributed by atoms with Gasteiger partial charge in [0.2, 0.25) is 0 Å². The molecule has 1 heterocycles. The number of hydrogen-bond acceptors (Lipinski definition) is 4. The van der Waals surface area contributed by atoms with Crippen LogP contribution < -0.4 is 0 Å². The number of nitrogens with zero attached hydrogens (tertiary/aromatic N) is 2. The Hall–Kier alpha value is -1.97. The molecule has 4 heteroatoms. The van der Waals surface area contributed by atoms with E-state index < -0.39 is 5.97 Å². The zero-order chi connectivity index (χ0) is 10.7. The van der Waals surface area contributed by atoms with Gasteiger partial charge < -0.3 is 4.74 Å². The predicted molar refractivity (Wildman–Crippen MR) is 54.1 cm³/mol. The van der Waals surface area contributed by atoms with Crippen LogP contribution in [0.5, 0.6) is 0 Å². The van der Waals surface area contributed by atoms with Crippen LogP contribution in [0.2, 0.25) is 0 Å². The molecule has 1 atom stereocenters. The standard InChI is InChI=1S/C11H10N2O2/c1-15-11(14)10-7-9(12-13-10)8-5-3-2-4-6-8/h2-7,9H,1H3. The van der Waals surface area contributed by atoms with Gasteiger partial charge >= 0.3 is 5.97 Å².